The summed E-state index contributed by atoms with van der Waals surface area (Å²) >= 11 is 14.1. The number of hydrogen-bond acceptors (Lipinski definition) is 24. The van der Waals surface area contributed by atoms with Crippen molar-refractivity contribution < 1.29 is 118 Å². The lowest BCUT2D eigenvalue weighted by atomic mass is 9.89. The topological polar surface area (TPSA) is 491 Å². The minimum Gasteiger partial charge on any atom is -0.508 e. The average molecular weight is 1520 g/mol. The highest BCUT2D eigenvalue weighted by Gasteiger charge is 2.47. The summed E-state index contributed by atoms with van der Waals surface area (Å²) < 4.78 is 30.8. The number of rotatable bonds is 17. The first kappa shape index (κ1) is 80.3. The van der Waals surface area contributed by atoms with Crippen molar-refractivity contribution >= 4 is 76.6 Å². The number of likely N-dealkylation sites (N-methyl/N-ethyl adjacent to an activating group) is 1. The van der Waals surface area contributed by atoms with Crippen molar-refractivity contribution in [2.75, 3.05) is 27.3 Å². The van der Waals surface area contributed by atoms with Gasteiger partial charge in [-0.2, -0.15) is 0 Å². The SMILES string of the molecule is CCCCCCNC(=O)CC1NC(=O)C(NC(=O)[C@@H](CC(C)C)N(C)C(=O)OC(C)(C)C)[C@H](O)c2ccc(c(Cl)c2)Oc2cc3cc(c2O[C@H]2O[C@H](CO)[C@@H](O)[C@H](O)[C@H]2O)Oc2ccc(cc2Cl)[C@@H](O)[C@@H]2NC(=O)[C@H](NC(=O)C3NC1=O)c1ccc(O)c(c1)-c1c(O)cc(O)cc1[C@H](C(=O)NOC)NC2=O. The fraction of sp³-hybridized carbons (Fsp3) is 0.451. The molecule has 106 heavy (non-hydrogen) atoms. The van der Waals surface area contributed by atoms with E-state index >= 15 is 24.0 Å². The molecular weight excluding hydrogens is 1430 g/mol. The van der Waals surface area contributed by atoms with E-state index in [-0.39, 0.29) is 52.1 Å². The van der Waals surface area contributed by atoms with Gasteiger partial charge in [-0.05, 0) is 122 Å². The van der Waals surface area contributed by atoms with Crippen LogP contribution in [-0.2, 0) is 52.7 Å². The number of unbranched alkanes of at least 4 members (excludes halogenated alkanes) is 3. The molecule has 17 N–H and O–H groups in total. The Hall–Kier alpha value is -9.81. The van der Waals surface area contributed by atoms with Gasteiger partial charge in [0.25, 0.3) is 5.91 Å². The van der Waals surface area contributed by atoms with Gasteiger partial charge in [-0.3, -0.25) is 48.1 Å². The summed E-state index contributed by atoms with van der Waals surface area (Å²) in [7, 11) is 2.33. The Morgan fingerprint density at radius 3 is 1.89 bits per heavy atom. The zero-order chi connectivity index (χ0) is 77.5. The molecule has 9 amide bonds. The van der Waals surface area contributed by atoms with E-state index < -0.39 is 219 Å². The number of phenols is 3. The van der Waals surface area contributed by atoms with E-state index in [4.69, 9.17) is 51.7 Å². The monoisotopic (exact) mass is 1520 g/mol. The van der Waals surface area contributed by atoms with Gasteiger partial charge in [-0.15, -0.1) is 0 Å². The molecule has 1 fully saturated rings. The van der Waals surface area contributed by atoms with Gasteiger partial charge in [0.15, 0.2) is 11.5 Å². The zero-order valence-electron chi connectivity index (χ0n) is 58.7. The van der Waals surface area contributed by atoms with Crippen LogP contribution in [0.1, 0.15) is 138 Å². The molecule has 3 unspecified atom stereocenters. The van der Waals surface area contributed by atoms with E-state index in [0.29, 0.717) is 12.8 Å². The average Bonchev–Trinajstić information content (AvgIpc) is 0.705. The zero-order valence-corrected chi connectivity index (χ0v) is 60.2. The number of nitrogens with one attached hydrogen (secondary N) is 8. The molecule has 33 nitrogen and oxygen atoms in total. The molecule has 6 aliphatic heterocycles. The first-order valence-electron chi connectivity index (χ1n) is 33.8. The fourth-order valence-corrected chi connectivity index (χ4v) is 12.7. The van der Waals surface area contributed by atoms with Crippen LogP contribution < -0.4 is 56.9 Å². The van der Waals surface area contributed by atoms with Crippen molar-refractivity contribution in [1.82, 2.24) is 47.6 Å². The highest BCUT2D eigenvalue weighted by Crippen LogP contribution is 2.49. The van der Waals surface area contributed by atoms with Gasteiger partial charge in [0.05, 0.1) is 30.2 Å². The fourth-order valence-electron chi connectivity index (χ4n) is 12.3. The minimum absolute atomic E-state index is 0.0435. The molecule has 5 aromatic carbocycles. The Labute approximate surface area is 617 Å². The number of nitrogens with zero attached hydrogens (tertiary/aromatic N) is 1. The second-order valence-corrected chi connectivity index (χ2v) is 28.0. The Kier molecular flexibility index (Phi) is 25.9. The molecular formula is C71H85Cl2N9O24. The number of phenolic OH excluding ortho intramolecular Hbond substituents is 3. The Morgan fingerprint density at radius 1 is 0.670 bits per heavy atom. The Morgan fingerprint density at radius 2 is 1.28 bits per heavy atom. The number of benzene rings is 5. The van der Waals surface area contributed by atoms with Crippen LogP contribution in [0.25, 0.3) is 11.1 Å². The molecule has 1 saturated heterocycles. The molecule has 0 aromatic heterocycles. The molecule has 6 aliphatic rings. The van der Waals surface area contributed by atoms with Crippen LogP contribution in [-0.4, -0.2) is 192 Å². The number of carbonyl (C=O) groups excluding carboxylic acids is 9. The molecule has 0 radical (unpaired) electrons. The number of aromatic hydroxyl groups is 3. The number of aliphatic hydroxyl groups excluding tert-OH is 6. The maximum atomic E-state index is 16.2. The number of hydroxylamine groups is 1. The summed E-state index contributed by atoms with van der Waals surface area (Å²) in [6.07, 6.45) is -13.4. The Bertz CT molecular complexity index is 4160. The first-order valence-corrected chi connectivity index (χ1v) is 34.6. The Balaban J connectivity index is 1.31. The number of carbonyl (C=O) groups is 9. The summed E-state index contributed by atoms with van der Waals surface area (Å²) in [4.78, 5) is 141. The molecule has 11 rings (SSSR count). The van der Waals surface area contributed by atoms with Gasteiger partial charge in [-0.1, -0.05) is 81.4 Å². The molecule has 5 aromatic rings. The van der Waals surface area contributed by atoms with Gasteiger partial charge in [0.1, 0.15) is 113 Å². The lowest BCUT2D eigenvalue weighted by Crippen LogP contribution is -2.60. The molecule has 572 valence electrons. The number of hydrogen-bond donors (Lipinski definition) is 17. The largest absolute Gasteiger partial charge is 0.508 e. The molecule has 14 atom stereocenters. The van der Waals surface area contributed by atoms with Crippen LogP contribution in [0.4, 0.5) is 4.79 Å². The van der Waals surface area contributed by atoms with Crippen molar-refractivity contribution in [2.24, 2.45) is 5.92 Å². The van der Waals surface area contributed by atoms with E-state index in [2.05, 4.69) is 42.7 Å². The van der Waals surface area contributed by atoms with Gasteiger partial charge in [-0.25, -0.2) is 10.3 Å². The summed E-state index contributed by atoms with van der Waals surface area (Å²) in [5.74, 6) is -15.1. The van der Waals surface area contributed by atoms with Crippen molar-refractivity contribution in [3.8, 4) is 57.1 Å². The van der Waals surface area contributed by atoms with Crippen LogP contribution in [0, 0.1) is 5.92 Å². The number of amides is 9. The third kappa shape index (κ3) is 18.5. The maximum absolute atomic E-state index is 16.2. The van der Waals surface area contributed by atoms with Crippen molar-refractivity contribution in [3.63, 3.8) is 0 Å². The van der Waals surface area contributed by atoms with Crippen molar-refractivity contribution in [3.05, 3.63) is 117 Å². The minimum atomic E-state index is -2.34. The van der Waals surface area contributed by atoms with Gasteiger partial charge in [0, 0.05) is 30.8 Å². The van der Waals surface area contributed by atoms with Crippen LogP contribution in [0.3, 0.4) is 0 Å². The van der Waals surface area contributed by atoms with Crippen molar-refractivity contribution in [2.45, 2.75) is 171 Å². The van der Waals surface area contributed by atoms with Gasteiger partial charge < -0.3 is 107 Å². The number of aliphatic hydroxyl groups is 6. The standard InChI is InChI=1S/C71H85Cl2N9O24/c1-9-10-11-12-19-74-49(87)28-40-62(93)76-52-34-24-46(102-44-17-14-32(22-38(44)72)56(88)54(66(97)75-40)79-63(94)41(20-30(2)3)82(7)70(100)106-71(4,5)6)61(105-69-60(92)59(91)58(90)48(29-83)104-69)47(25-34)103-45-18-15-33(23-39(45)73)57(89)55-67(98)78-53(68(99)81-101-8)37-26-35(84)27-43(86)50(37)36-21-31(13-16-42(36)85)51(64(95)80-55)77-65(52)96/h13-18,21-27,30,40-41,48,51-60,69,83-86,88-92H,9-12,19-20,28-29H2,1-8H3,(H,74,87)(H,75,97)(H,76,93)(H,77,96)(H,78,98)(H,79,94)(H,80,95)(H,81,99)/t40?,41-,48-,51-,52?,53-,54?,55+,56-,57-,58-,59+,60-,69-/m1/s1. The predicted molar refractivity (Wildman–Crippen MR) is 373 cm³/mol. The molecule has 35 heteroatoms. The maximum Gasteiger partial charge on any atom is 0.410 e. The van der Waals surface area contributed by atoms with E-state index in [1.807, 2.05) is 6.92 Å². The summed E-state index contributed by atoms with van der Waals surface area (Å²) in [6, 6.07) is -0.630. The molecule has 0 saturated carbocycles. The van der Waals surface area contributed by atoms with Gasteiger partial charge in [0.2, 0.25) is 53.4 Å². The lowest BCUT2D eigenvalue weighted by molar-refractivity contribution is -0.277. The highest BCUT2D eigenvalue weighted by molar-refractivity contribution is 6.32. The smallest absolute Gasteiger partial charge is 0.410 e. The summed E-state index contributed by atoms with van der Waals surface area (Å²) in [5, 5.41) is 120. The van der Waals surface area contributed by atoms with E-state index in [1.165, 1.54) is 25.2 Å². The second kappa shape index (κ2) is 34.2. The highest BCUT2D eigenvalue weighted by atomic mass is 35.5. The molecule has 11 bridgehead atoms. The third-order valence-electron chi connectivity index (χ3n) is 17.7. The predicted octanol–water partition coefficient (Wildman–Crippen LogP) is 3.32. The quantitative estimate of drug-likeness (QED) is 0.0469. The molecule has 6 heterocycles. The van der Waals surface area contributed by atoms with E-state index in [9.17, 15) is 65.1 Å². The first-order chi connectivity index (χ1) is 50.1. The number of ether oxygens (including phenoxy) is 5. The van der Waals surface area contributed by atoms with Crippen LogP contribution in [0.15, 0.2) is 78.9 Å². The third-order valence-corrected chi connectivity index (χ3v) is 18.3. The van der Waals surface area contributed by atoms with Crippen LogP contribution >= 0.6 is 23.2 Å². The van der Waals surface area contributed by atoms with Crippen molar-refractivity contribution in [1.29, 1.82) is 0 Å². The second-order valence-electron chi connectivity index (χ2n) is 27.2. The normalized spacial score (nSPS) is 24.2. The number of halogens is 2. The number of fused-ring (bicyclic) bond motifs is 15. The molecule has 0 aliphatic carbocycles. The molecule has 0 spiro atoms. The summed E-state index contributed by atoms with van der Waals surface area (Å²) in [6.45, 7) is 9.37. The summed E-state index contributed by atoms with van der Waals surface area (Å²) in [5.41, 5.74) is -1.52. The van der Waals surface area contributed by atoms with E-state index in [0.717, 1.165) is 85.5 Å². The van der Waals surface area contributed by atoms with Crippen LogP contribution in [0.5, 0.6) is 46.0 Å². The van der Waals surface area contributed by atoms with E-state index in [1.54, 1.807) is 34.6 Å². The lowest BCUT2D eigenvalue weighted by Gasteiger charge is -2.39. The van der Waals surface area contributed by atoms with Gasteiger partial charge >= 0.3 is 6.09 Å². The van der Waals surface area contributed by atoms with Crippen LogP contribution in [0.2, 0.25) is 10.0 Å².